The van der Waals surface area contributed by atoms with Crippen LogP contribution in [0.3, 0.4) is 0 Å². The molecule has 1 fully saturated rings. The van der Waals surface area contributed by atoms with E-state index in [1.54, 1.807) is 0 Å². The lowest BCUT2D eigenvalue weighted by Crippen LogP contribution is -2.60. The highest BCUT2D eigenvalue weighted by atomic mass is 16.6. The Morgan fingerprint density at radius 1 is 1.38 bits per heavy atom. The van der Waals surface area contributed by atoms with Crippen LogP contribution in [0.25, 0.3) is 0 Å². The molecule has 92 valence electrons. The van der Waals surface area contributed by atoms with Crippen LogP contribution < -0.4 is 5.32 Å². The van der Waals surface area contributed by atoms with Crippen LogP contribution in [0.1, 0.15) is 6.92 Å². The molecule has 1 aliphatic rings. The van der Waals surface area contributed by atoms with Gasteiger partial charge >= 0.3 is 5.97 Å². The summed E-state index contributed by atoms with van der Waals surface area (Å²) >= 11 is 0. The highest BCUT2D eigenvalue weighted by molar-refractivity contribution is 5.76. The van der Waals surface area contributed by atoms with E-state index in [0.717, 1.165) is 7.11 Å². The molecule has 0 aromatic rings. The Kier molecular flexibility index (Phi) is 4.22. The topological polar surface area (TPSA) is 105 Å². The maximum Gasteiger partial charge on any atom is 0.337 e. The van der Waals surface area contributed by atoms with E-state index in [-0.39, 0.29) is 12.5 Å². The van der Waals surface area contributed by atoms with E-state index in [0.29, 0.717) is 0 Å². The molecule has 0 aromatic heterocycles. The first-order chi connectivity index (χ1) is 7.47. The van der Waals surface area contributed by atoms with E-state index in [4.69, 9.17) is 4.74 Å². The highest BCUT2D eigenvalue weighted by Crippen LogP contribution is 2.16. The second-order valence-electron chi connectivity index (χ2n) is 3.57. The van der Waals surface area contributed by atoms with Crippen LogP contribution in [0, 0.1) is 0 Å². The zero-order valence-corrected chi connectivity index (χ0v) is 9.04. The quantitative estimate of drug-likeness (QED) is 0.467. The van der Waals surface area contributed by atoms with Crippen LogP contribution in [-0.2, 0) is 19.1 Å². The predicted molar refractivity (Wildman–Crippen MR) is 51.4 cm³/mol. The molecular formula is C9H15NO6. The molecule has 1 rings (SSSR count). The van der Waals surface area contributed by atoms with E-state index in [9.17, 15) is 19.8 Å². The van der Waals surface area contributed by atoms with Crippen LogP contribution >= 0.6 is 0 Å². The van der Waals surface area contributed by atoms with Crippen molar-refractivity contribution in [2.24, 2.45) is 0 Å². The van der Waals surface area contributed by atoms with Crippen LogP contribution in [0.2, 0.25) is 0 Å². The Hall–Kier alpha value is -1.18. The Morgan fingerprint density at radius 3 is 2.50 bits per heavy atom. The van der Waals surface area contributed by atoms with Crippen LogP contribution in [0.4, 0.5) is 0 Å². The molecule has 0 unspecified atom stereocenters. The van der Waals surface area contributed by atoms with Gasteiger partial charge in [-0.15, -0.1) is 0 Å². The molecule has 0 bridgehead atoms. The third-order valence-electron chi connectivity index (χ3n) is 2.35. The minimum atomic E-state index is -1.42. The summed E-state index contributed by atoms with van der Waals surface area (Å²) in [5.41, 5.74) is 0. The molecule has 1 aliphatic heterocycles. The van der Waals surface area contributed by atoms with Crippen molar-refractivity contribution in [3.8, 4) is 0 Å². The number of rotatable bonds is 2. The summed E-state index contributed by atoms with van der Waals surface area (Å²) in [6.07, 6.45) is -3.90. The molecule has 7 nitrogen and oxygen atoms in total. The molecule has 7 heteroatoms. The number of aliphatic hydroxyl groups is 2. The molecule has 1 saturated heterocycles. The number of amides is 1. The molecule has 1 heterocycles. The van der Waals surface area contributed by atoms with Gasteiger partial charge in [0.25, 0.3) is 0 Å². The zero-order chi connectivity index (χ0) is 12.3. The van der Waals surface area contributed by atoms with Crippen molar-refractivity contribution < 1.29 is 29.3 Å². The second-order valence-corrected chi connectivity index (χ2v) is 3.57. The maximum absolute atomic E-state index is 11.1. The molecule has 16 heavy (non-hydrogen) atoms. The Labute approximate surface area is 92.3 Å². The minimum Gasteiger partial charge on any atom is -0.467 e. The largest absolute Gasteiger partial charge is 0.467 e. The van der Waals surface area contributed by atoms with Crippen LogP contribution in [0.5, 0.6) is 0 Å². The Morgan fingerprint density at radius 2 is 2.00 bits per heavy atom. The van der Waals surface area contributed by atoms with Gasteiger partial charge in [-0.3, -0.25) is 4.79 Å². The van der Waals surface area contributed by atoms with Crippen molar-refractivity contribution >= 4 is 11.9 Å². The molecule has 4 atom stereocenters. The fourth-order valence-electron chi connectivity index (χ4n) is 1.53. The van der Waals surface area contributed by atoms with Crippen molar-refractivity contribution in [2.75, 3.05) is 13.7 Å². The fraction of sp³-hybridized carbons (Fsp3) is 0.778. The number of hydrogen-bond acceptors (Lipinski definition) is 6. The van der Waals surface area contributed by atoms with Gasteiger partial charge in [-0.25, -0.2) is 4.79 Å². The molecule has 0 aromatic carbocycles. The molecule has 0 radical (unpaired) electrons. The molecule has 0 saturated carbocycles. The third-order valence-corrected chi connectivity index (χ3v) is 2.35. The predicted octanol–water partition coefficient (Wildman–Crippen LogP) is -2.22. The molecule has 0 aliphatic carbocycles. The number of aliphatic hydroxyl groups excluding tert-OH is 2. The fourth-order valence-corrected chi connectivity index (χ4v) is 1.53. The number of hydrogen-bond donors (Lipinski definition) is 3. The van der Waals surface area contributed by atoms with E-state index in [1.165, 1.54) is 6.92 Å². The van der Waals surface area contributed by atoms with Gasteiger partial charge in [0.05, 0.1) is 19.8 Å². The number of ether oxygens (including phenoxy) is 2. The summed E-state index contributed by atoms with van der Waals surface area (Å²) in [5, 5.41) is 21.7. The summed E-state index contributed by atoms with van der Waals surface area (Å²) in [6.45, 7) is 1.23. The number of esters is 1. The van der Waals surface area contributed by atoms with E-state index in [2.05, 4.69) is 10.1 Å². The van der Waals surface area contributed by atoms with E-state index >= 15 is 0 Å². The second kappa shape index (κ2) is 5.24. The summed E-state index contributed by atoms with van der Waals surface area (Å²) < 4.78 is 9.43. The molecule has 0 spiro atoms. The molecule has 1 amide bonds. The van der Waals surface area contributed by atoms with Gasteiger partial charge in [-0.2, -0.15) is 0 Å². The standard InChI is InChI=1S/C9H15NO6/c1-4(11)10-5-3-16-8(9(14)15-2)7(13)6(5)12/h5-8,12-13H,3H2,1-2H3,(H,10,11)/t5-,6+,7-,8-/m0/s1. The lowest BCUT2D eigenvalue weighted by molar-refractivity contribution is -0.186. The molecule has 3 N–H and O–H groups in total. The zero-order valence-electron chi connectivity index (χ0n) is 9.04. The van der Waals surface area contributed by atoms with Crippen LogP contribution in [0.15, 0.2) is 0 Å². The maximum atomic E-state index is 11.1. The number of carbonyl (C=O) groups is 2. The lowest BCUT2D eigenvalue weighted by atomic mass is 9.98. The minimum absolute atomic E-state index is 0.0580. The van der Waals surface area contributed by atoms with Crippen LogP contribution in [-0.4, -0.2) is 60.2 Å². The summed E-state index contributed by atoms with van der Waals surface area (Å²) in [5.74, 6) is -1.11. The normalized spacial score (nSPS) is 34.2. The number of methoxy groups -OCH3 is 1. The van der Waals surface area contributed by atoms with Gasteiger partial charge < -0.3 is 25.0 Å². The average Bonchev–Trinajstić information content (AvgIpc) is 2.23. The van der Waals surface area contributed by atoms with Gasteiger partial charge in [0.1, 0.15) is 12.2 Å². The van der Waals surface area contributed by atoms with Gasteiger partial charge in [-0.05, 0) is 0 Å². The molecular weight excluding hydrogens is 218 g/mol. The van der Waals surface area contributed by atoms with Gasteiger partial charge in [0, 0.05) is 6.92 Å². The van der Waals surface area contributed by atoms with Crippen molar-refractivity contribution in [3.05, 3.63) is 0 Å². The third kappa shape index (κ3) is 2.69. The van der Waals surface area contributed by atoms with Crippen molar-refractivity contribution in [3.63, 3.8) is 0 Å². The monoisotopic (exact) mass is 233 g/mol. The first-order valence-electron chi connectivity index (χ1n) is 4.80. The van der Waals surface area contributed by atoms with Gasteiger partial charge in [0.15, 0.2) is 6.10 Å². The highest BCUT2D eigenvalue weighted by Gasteiger charge is 2.42. The van der Waals surface area contributed by atoms with Crippen molar-refractivity contribution in [1.29, 1.82) is 0 Å². The summed E-state index contributed by atoms with van der Waals surface area (Å²) in [7, 11) is 1.16. The average molecular weight is 233 g/mol. The van der Waals surface area contributed by atoms with Crippen molar-refractivity contribution in [1.82, 2.24) is 5.32 Å². The van der Waals surface area contributed by atoms with Crippen molar-refractivity contribution in [2.45, 2.75) is 31.3 Å². The van der Waals surface area contributed by atoms with Gasteiger partial charge in [0.2, 0.25) is 5.91 Å². The SMILES string of the molecule is COC(=O)[C@H]1OC[C@H](NC(C)=O)[C@@H](O)[C@@H]1O. The van der Waals surface area contributed by atoms with Gasteiger partial charge in [-0.1, -0.05) is 0 Å². The Balaban J connectivity index is 2.64. The number of nitrogens with one attached hydrogen (secondary N) is 1. The first-order valence-corrected chi connectivity index (χ1v) is 4.80. The first kappa shape index (κ1) is 12.9. The number of carbonyl (C=O) groups excluding carboxylic acids is 2. The van der Waals surface area contributed by atoms with E-state index < -0.39 is 30.3 Å². The van der Waals surface area contributed by atoms with E-state index in [1.807, 2.05) is 0 Å². The Bertz CT molecular complexity index is 281. The summed E-state index contributed by atoms with van der Waals surface area (Å²) in [4.78, 5) is 21.9. The lowest BCUT2D eigenvalue weighted by Gasteiger charge is -2.36. The smallest absolute Gasteiger partial charge is 0.337 e. The summed E-state index contributed by atoms with van der Waals surface area (Å²) in [6, 6.07) is -0.728.